The number of nitrogens with zero attached hydrogens (tertiary/aromatic N) is 1. The summed E-state index contributed by atoms with van der Waals surface area (Å²) in [6.07, 6.45) is 1.35. The highest BCUT2D eigenvalue weighted by atomic mass is 35.5. The molecule has 2 aromatic carbocycles. The molecule has 0 aromatic heterocycles. The van der Waals surface area contributed by atoms with Gasteiger partial charge in [0.15, 0.2) is 0 Å². The maximum Gasteiger partial charge on any atom is 0.240 e. The van der Waals surface area contributed by atoms with Gasteiger partial charge in [-0.15, -0.1) is 0 Å². The molecule has 0 radical (unpaired) electrons. The first-order valence-electron chi connectivity index (χ1n) is 7.92. The highest BCUT2D eigenvalue weighted by Crippen LogP contribution is 2.25. The summed E-state index contributed by atoms with van der Waals surface area (Å²) >= 11 is 5.90. The van der Waals surface area contributed by atoms with Gasteiger partial charge in [0, 0.05) is 11.6 Å². The van der Waals surface area contributed by atoms with Crippen LogP contribution < -0.4 is 9.62 Å². The topological polar surface area (TPSA) is 66.5 Å². The summed E-state index contributed by atoms with van der Waals surface area (Å²) in [7, 11) is -3.66. The predicted molar refractivity (Wildman–Crippen MR) is 101 cm³/mol. The van der Waals surface area contributed by atoms with Gasteiger partial charge in [0.05, 0.1) is 11.9 Å². The highest BCUT2D eigenvalue weighted by Gasteiger charge is 2.22. The molecule has 0 atom stereocenters. The Morgan fingerprint density at radius 1 is 1.23 bits per heavy atom. The monoisotopic (exact) mass is 398 g/mol. The summed E-state index contributed by atoms with van der Waals surface area (Å²) in [5.41, 5.74) is 1.52. The van der Waals surface area contributed by atoms with Gasteiger partial charge in [0.2, 0.25) is 15.9 Å². The van der Waals surface area contributed by atoms with E-state index in [0.29, 0.717) is 28.3 Å². The Morgan fingerprint density at radius 3 is 2.54 bits per heavy atom. The zero-order chi connectivity index (χ0) is 19.3. The summed E-state index contributed by atoms with van der Waals surface area (Å²) in [4.78, 5) is 12.2. The molecular weight excluding hydrogens is 379 g/mol. The molecule has 0 aliphatic rings. The second-order valence-corrected chi connectivity index (χ2v) is 8.24. The van der Waals surface area contributed by atoms with Crippen LogP contribution in [0.15, 0.2) is 42.5 Å². The van der Waals surface area contributed by atoms with Gasteiger partial charge in [-0.1, -0.05) is 29.8 Å². The summed E-state index contributed by atoms with van der Waals surface area (Å²) in [5, 5.41) is 3.10. The van der Waals surface area contributed by atoms with Crippen LogP contribution >= 0.6 is 11.6 Å². The van der Waals surface area contributed by atoms with E-state index in [0.717, 1.165) is 10.6 Å². The summed E-state index contributed by atoms with van der Waals surface area (Å²) in [6, 6.07) is 11.1. The second-order valence-electron chi connectivity index (χ2n) is 5.89. The van der Waals surface area contributed by atoms with E-state index in [1.807, 2.05) is 0 Å². The maximum atomic E-state index is 13.6. The zero-order valence-corrected chi connectivity index (χ0v) is 16.1. The Morgan fingerprint density at radius 2 is 1.92 bits per heavy atom. The molecule has 0 unspecified atom stereocenters. The fourth-order valence-electron chi connectivity index (χ4n) is 2.50. The Balaban J connectivity index is 2.04. The van der Waals surface area contributed by atoms with Crippen molar-refractivity contribution in [1.29, 1.82) is 0 Å². The molecule has 5 nitrogen and oxygen atoms in total. The number of benzene rings is 2. The Kier molecular flexibility index (Phi) is 6.61. The molecule has 1 amide bonds. The number of nitrogens with one attached hydrogen (secondary N) is 1. The third-order valence-electron chi connectivity index (χ3n) is 3.79. The third-order valence-corrected chi connectivity index (χ3v) is 5.15. The number of amides is 1. The van der Waals surface area contributed by atoms with E-state index in [2.05, 4.69) is 5.32 Å². The van der Waals surface area contributed by atoms with Gasteiger partial charge in [0.25, 0.3) is 0 Å². The fraction of sp³-hybridized carbons (Fsp3) is 0.278. The van der Waals surface area contributed by atoms with Crippen LogP contribution in [-0.2, 0) is 21.2 Å². The minimum atomic E-state index is -3.66. The smallest absolute Gasteiger partial charge is 0.240 e. The fourth-order valence-corrected chi connectivity index (χ4v) is 3.64. The number of halogens is 2. The van der Waals surface area contributed by atoms with E-state index in [4.69, 9.17) is 11.6 Å². The molecule has 0 saturated carbocycles. The van der Waals surface area contributed by atoms with E-state index in [1.165, 1.54) is 6.07 Å². The van der Waals surface area contributed by atoms with E-state index in [9.17, 15) is 17.6 Å². The van der Waals surface area contributed by atoms with E-state index < -0.39 is 15.9 Å². The molecule has 0 aliphatic heterocycles. The van der Waals surface area contributed by atoms with Gasteiger partial charge in [0.1, 0.15) is 12.4 Å². The molecule has 0 spiro atoms. The number of carbonyl (C=O) groups excluding carboxylic acids is 1. The minimum Gasteiger partial charge on any atom is -0.354 e. The maximum absolute atomic E-state index is 13.6. The molecule has 140 valence electrons. The van der Waals surface area contributed by atoms with Crippen molar-refractivity contribution in [3.8, 4) is 0 Å². The van der Waals surface area contributed by atoms with Crippen molar-refractivity contribution in [1.82, 2.24) is 5.32 Å². The van der Waals surface area contributed by atoms with Crippen molar-refractivity contribution in [2.45, 2.75) is 13.3 Å². The lowest BCUT2D eigenvalue weighted by Gasteiger charge is -2.23. The van der Waals surface area contributed by atoms with Crippen LogP contribution in [0.2, 0.25) is 5.02 Å². The van der Waals surface area contributed by atoms with Crippen molar-refractivity contribution < 1.29 is 17.6 Å². The lowest BCUT2D eigenvalue weighted by atomic mass is 10.1. The van der Waals surface area contributed by atoms with Gasteiger partial charge in [-0.3, -0.25) is 9.10 Å². The van der Waals surface area contributed by atoms with Crippen LogP contribution in [-0.4, -0.2) is 33.7 Å². The van der Waals surface area contributed by atoms with Crippen molar-refractivity contribution >= 4 is 33.2 Å². The summed E-state index contributed by atoms with van der Waals surface area (Å²) < 4.78 is 38.8. The van der Waals surface area contributed by atoms with Crippen LogP contribution in [0.4, 0.5) is 10.1 Å². The number of sulfonamides is 1. The van der Waals surface area contributed by atoms with Gasteiger partial charge < -0.3 is 5.32 Å². The molecule has 2 rings (SSSR count). The second kappa shape index (κ2) is 8.51. The SMILES string of the molecule is Cc1cc(Cl)ccc1N(CC(=O)NCCc1ccccc1F)S(C)(=O)=O. The molecule has 8 heteroatoms. The van der Waals surface area contributed by atoms with Crippen LogP contribution in [0.1, 0.15) is 11.1 Å². The van der Waals surface area contributed by atoms with Crippen LogP contribution in [0.25, 0.3) is 0 Å². The quantitative estimate of drug-likeness (QED) is 0.779. The molecule has 1 N–H and O–H groups in total. The molecular formula is C18H20ClFN2O3S. The molecule has 0 saturated heterocycles. The lowest BCUT2D eigenvalue weighted by Crippen LogP contribution is -2.41. The predicted octanol–water partition coefficient (Wildman–Crippen LogP) is 2.91. The number of carbonyl (C=O) groups is 1. The number of hydrogen-bond donors (Lipinski definition) is 1. The van der Waals surface area contributed by atoms with E-state index in [1.54, 1.807) is 43.3 Å². The first kappa shape index (κ1) is 20.2. The van der Waals surface area contributed by atoms with Gasteiger partial charge >= 0.3 is 0 Å². The van der Waals surface area contributed by atoms with Crippen molar-refractivity contribution in [2.24, 2.45) is 0 Å². The van der Waals surface area contributed by atoms with Crippen LogP contribution in [0, 0.1) is 12.7 Å². The number of rotatable bonds is 7. The summed E-state index contributed by atoms with van der Waals surface area (Å²) in [6.45, 7) is 1.56. The van der Waals surface area contributed by atoms with E-state index >= 15 is 0 Å². The molecule has 0 bridgehead atoms. The number of hydrogen-bond acceptors (Lipinski definition) is 3. The number of anilines is 1. The van der Waals surface area contributed by atoms with Gasteiger partial charge in [-0.25, -0.2) is 12.8 Å². The van der Waals surface area contributed by atoms with Crippen molar-refractivity contribution in [3.05, 3.63) is 64.4 Å². The largest absolute Gasteiger partial charge is 0.354 e. The summed E-state index contributed by atoms with van der Waals surface area (Å²) in [5.74, 6) is -0.808. The molecule has 26 heavy (non-hydrogen) atoms. The Labute approximate surface area is 157 Å². The van der Waals surface area contributed by atoms with Crippen LogP contribution in [0.5, 0.6) is 0 Å². The van der Waals surface area contributed by atoms with Crippen molar-refractivity contribution in [2.75, 3.05) is 23.7 Å². The Bertz CT molecular complexity index is 903. The highest BCUT2D eigenvalue weighted by molar-refractivity contribution is 7.92. The first-order valence-corrected chi connectivity index (χ1v) is 10.1. The Hall–Kier alpha value is -2.12. The molecule has 0 fully saturated rings. The molecule has 0 heterocycles. The lowest BCUT2D eigenvalue weighted by molar-refractivity contribution is -0.119. The zero-order valence-electron chi connectivity index (χ0n) is 14.5. The average molecular weight is 399 g/mol. The van der Waals surface area contributed by atoms with Gasteiger partial charge in [-0.05, 0) is 48.7 Å². The average Bonchev–Trinajstić information content (AvgIpc) is 2.54. The molecule has 2 aromatic rings. The number of aryl methyl sites for hydroxylation is 1. The molecule has 0 aliphatic carbocycles. The van der Waals surface area contributed by atoms with Crippen molar-refractivity contribution in [3.63, 3.8) is 0 Å². The van der Waals surface area contributed by atoms with Crippen LogP contribution in [0.3, 0.4) is 0 Å². The minimum absolute atomic E-state index is 0.205. The van der Waals surface area contributed by atoms with Gasteiger partial charge in [-0.2, -0.15) is 0 Å². The normalized spacial score (nSPS) is 11.2. The third kappa shape index (κ3) is 5.44. The van der Waals surface area contributed by atoms with E-state index in [-0.39, 0.29) is 18.9 Å². The standard InChI is InChI=1S/C18H20ClFN2O3S/c1-13-11-15(19)7-8-17(13)22(26(2,24)25)12-18(23)21-10-9-14-5-3-4-6-16(14)20/h3-8,11H,9-10,12H2,1-2H3,(H,21,23). The first-order chi connectivity index (χ1) is 12.2.